The number of aliphatic carboxylic acids is 1. The fourth-order valence-corrected chi connectivity index (χ4v) is 6.32. The van der Waals surface area contributed by atoms with Crippen LogP contribution < -0.4 is 9.64 Å². The van der Waals surface area contributed by atoms with Gasteiger partial charge in [0, 0.05) is 35.6 Å². The minimum atomic E-state index is -1.15. The van der Waals surface area contributed by atoms with Crippen LogP contribution in [-0.4, -0.2) is 40.9 Å². The van der Waals surface area contributed by atoms with Crippen molar-refractivity contribution in [1.82, 2.24) is 4.98 Å². The molecule has 2 heterocycles. The SMILES string of the molecule is Cc1nc(C)c(C(OC(C)(C)C)C(=O)O)c(N2CCC(C)(C)CC2)c1-c1ccc(OC2CC(c3ccc(F)cc3)C2)cc1. The Kier molecular flexibility index (Phi) is 8.59. The Morgan fingerprint density at radius 1 is 1.00 bits per heavy atom. The molecule has 5 rings (SSSR count). The normalized spacial score (nSPS) is 20.8. The molecule has 0 bridgehead atoms. The first-order chi connectivity index (χ1) is 20.2. The van der Waals surface area contributed by atoms with Gasteiger partial charge >= 0.3 is 5.97 Å². The number of hydrogen-bond acceptors (Lipinski definition) is 5. The molecule has 1 unspecified atom stereocenters. The van der Waals surface area contributed by atoms with Crippen molar-refractivity contribution in [1.29, 1.82) is 0 Å². The Labute approximate surface area is 255 Å². The van der Waals surface area contributed by atoms with Crippen LogP contribution in [0.5, 0.6) is 5.75 Å². The highest BCUT2D eigenvalue weighted by Gasteiger charge is 2.37. The Morgan fingerprint density at radius 2 is 1.60 bits per heavy atom. The lowest BCUT2D eigenvalue weighted by Crippen LogP contribution is -2.39. The van der Waals surface area contributed by atoms with E-state index in [1.165, 1.54) is 12.1 Å². The number of carboxylic acid groups (broad SMARTS) is 1. The van der Waals surface area contributed by atoms with Gasteiger partial charge in [0.05, 0.1) is 17.4 Å². The smallest absolute Gasteiger partial charge is 0.337 e. The molecule has 1 saturated carbocycles. The van der Waals surface area contributed by atoms with Crippen LogP contribution in [-0.2, 0) is 9.53 Å². The van der Waals surface area contributed by atoms with E-state index < -0.39 is 17.7 Å². The predicted molar refractivity (Wildman–Crippen MR) is 168 cm³/mol. The van der Waals surface area contributed by atoms with E-state index in [2.05, 4.69) is 18.7 Å². The van der Waals surface area contributed by atoms with E-state index in [9.17, 15) is 14.3 Å². The third-order valence-corrected chi connectivity index (χ3v) is 8.85. The minimum Gasteiger partial charge on any atom is -0.490 e. The quantitative estimate of drug-likeness (QED) is 0.285. The van der Waals surface area contributed by atoms with Crippen molar-refractivity contribution < 1.29 is 23.8 Å². The van der Waals surface area contributed by atoms with Crippen LogP contribution in [0, 0.1) is 25.1 Å². The molecule has 2 aliphatic rings. The maximum Gasteiger partial charge on any atom is 0.337 e. The van der Waals surface area contributed by atoms with Crippen LogP contribution in [0.15, 0.2) is 48.5 Å². The van der Waals surface area contributed by atoms with E-state index in [0.717, 1.165) is 72.6 Å². The van der Waals surface area contributed by atoms with Crippen molar-refractivity contribution in [2.24, 2.45) is 5.41 Å². The number of halogens is 1. The molecular formula is C36H45FN2O4. The third kappa shape index (κ3) is 7.04. The highest BCUT2D eigenvalue weighted by molar-refractivity contribution is 5.88. The highest BCUT2D eigenvalue weighted by Crippen LogP contribution is 2.45. The standard InChI is InChI=1S/C36H45FN2O4/c1-22-30(25-10-14-28(15-11-25)42-29-20-26(21-29)24-8-12-27(37)13-9-24)32(39-18-16-36(6,7)17-19-39)31(23(2)38-22)33(34(40)41)43-35(3,4)5/h8-15,26,29,33H,16-21H2,1-7H3,(H,40,41). The summed E-state index contributed by atoms with van der Waals surface area (Å²) in [6.45, 7) is 15.8. The Morgan fingerprint density at radius 3 is 2.16 bits per heavy atom. The molecular weight excluding hydrogens is 543 g/mol. The summed E-state index contributed by atoms with van der Waals surface area (Å²) in [4.78, 5) is 19.9. The lowest BCUT2D eigenvalue weighted by molar-refractivity contribution is -0.160. The van der Waals surface area contributed by atoms with Crippen molar-refractivity contribution in [3.05, 3.63) is 76.9 Å². The fraction of sp³-hybridized carbons (Fsp3) is 0.500. The summed E-state index contributed by atoms with van der Waals surface area (Å²) in [6.07, 6.45) is 2.80. The average molecular weight is 589 g/mol. The van der Waals surface area contributed by atoms with Crippen LogP contribution in [0.2, 0.25) is 0 Å². The topological polar surface area (TPSA) is 71.9 Å². The molecule has 2 aromatic carbocycles. The van der Waals surface area contributed by atoms with Gasteiger partial charge in [-0.15, -0.1) is 0 Å². The molecule has 1 saturated heterocycles. The largest absolute Gasteiger partial charge is 0.490 e. The number of nitrogens with zero attached hydrogens (tertiary/aromatic N) is 2. The number of piperidine rings is 1. The summed E-state index contributed by atoms with van der Waals surface area (Å²) >= 11 is 0. The number of aromatic nitrogens is 1. The molecule has 43 heavy (non-hydrogen) atoms. The molecule has 6 nitrogen and oxygen atoms in total. The monoisotopic (exact) mass is 588 g/mol. The van der Waals surface area contributed by atoms with Gasteiger partial charge in [0.15, 0.2) is 6.10 Å². The second-order valence-corrected chi connectivity index (χ2v) is 14.0. The number of pyridine rings is 1. The fourth-order valence-electron chi connectivity index (χ4n) is 6.32. The Balaban J connectivity index is 1.46. The summed E-state index contributed by atoms with van der Waals surface area (Å²) in [5.41, 5.74) is 5.71. The highest BCUT2D eigenvalue weighted by atomic mass is 19.1. The lowest BCUT2D eigenvalue weighted by atomic mass is 9.77. The van der Waals surface area contributed by atoms with Crippen LogP contribution in [0.1, 0.15) is 94.8 Å². The summed E-state index contributed by atoms with van der Waals surface area (Å²) < 4.78 is 25.8. The Hall–Kier alpha value is -3.45. The first-order valence-electron chi connectivity index (χ1n) is 15.4. The van der Waals surface area contributed by atoms with Crippen molar-refractivity contribution in [2.75, 3.05) is 18.0 Å². The van der Waals surface area contributed by atoms with Crippen LogP contribution in [0.25, 0.3) is 11.1 Å². The zero-order valence-corrected chi connectivity index (χ0v) is 26.5. The second kappa shape index (κ2) is 11.9. The third-order valence-electron chi connectivity index (χ3n) is 8.85. The molecule has 0 spiro atoms. The van der Waals surface area contributed by atoms with Gasteiger partial charge in [0.1, 0.15) is 11.6 Å². The molecule has 0 radical (unpaired) electrons. The molecule has 2 fully saturated rings. The van der Waals surface area contributed by atoms with Gasteiger partial charge in [0.2, 0.25) is 0 Å². The Bertz CT molecular complexity index is 1440. The van der Waals surface area contributed by atoms with Gasteiger partial charge in [-0.2, -0.15) is 0 Å². The summed E-state index contributed by atoms with van der Waals surface area (Å²) in [6, 6.07) is 14.8. The average Bonchev–Trinajstić information content (AvgIpc) is 2.90. The maximum atomic E-state index is 13.3. The van der Waals surface area contributed by atoms with Gasteiger partial charge in [0.25, 0.3) is 0 Å². The number of rotatable bonds is 8. The molecule has 230 valence electrons. The first kappa shape index (κ1) is 31.0. The molecule has 1 aliphatic carbocycles. The van der Waals surface area contributed by atoms with E-state index >= 15 is 0 Å². The number of ether oxygens (including phenoxy) is 2. The van der Waals surface area contributed by atoms with E-state index in [1.54, 1.807) is 0 Å². The molecule has 3 aromatic rings. The van der Waals surface area contributed by atoms with Gasteiger partial charge in [-0.3, -0.25) is 4.98 Å². The minimum absolute atomic E-state index is 0.119. The van der Waals surface area contributed by atoms with E-state index in [1.807, 2.05) is 71.0 Å². The van der Waals surface area contributed by atoms with Crippen molar-refractivity contribution in [2.45, 2.75) is 97.9 Å². The zero-order chi connectivity index (χ0) is 31.1. The van der Waals surface area contributed by atoms with Crippen molar-refractivity contribution in [3.63, 3.8) is 0 Å². The number of benzene rings is 2. The van der Waals surface area contributed by atoms with Crippen molar-refractivity contribution in [3.8, 4) is 16.9 Å². The van der Waals surface area contributed by atoms with Gasteiger partial charge < -0.3 is 19.5 Å². The molecule has 1 atom stereocenters. The van der Waals surface area contributed by atoms with E-state index in [-0.39, 0.29) is 17.3 Å². The maximum absolute atomic E-state index is 13.3. The van der Waals surface area contributed by atoms with Crippen LogP contribution in [0.4, 0.5) is 10.1 Å². The molecule has 7 heteroatoms. The first-order valence-corrected chi connectivity index (χ1v) is 15.4. The predicted octanol–water partition coefficient (Wildman–Crippen LogP) is 8.40. The number of hydrogen-bond donors (Lipinski definition) is 1. The van der Waals surface area contributed by atoms with Gasteiger partial charge in [-0.05, 0) is 107 Å². The summed E-state index contributed by atoms with van der Waals surface area (Å²) in [5.74, 6) is -0.0462. The van der Waals surface area contributed by atoms with Crippen LogP contribution >= 0.6 is 0 Å². The van der Waals surface area contributed by atoms with Crippen LogP contribution in [0.3, 0.4) is 0 Å². The molecule has 1 N–H and O–H groups in total. The molecule has 0 amide bonds. The zero-order valence-electron chi connectivity index (χ0n) is 26.5. The molecule has 1 aliphatic heterocycles. The lowest BCUT2D eigenvalue weighted by Gasteiger charge is -2.41. The van der Waals surface area contributed by atoms with E-state index in [4.69, 9.17) is 14.5 Å². The number of carbonyl (C=O) groups is 1. The summed E-state index contributed by atoms with van der Waals surface area (Å²) in [5, 5.41) is 10.4. The van der Waals surface area contributed by atoms with E-state index in [0.29, 0.717) is 17.2 Å². The molecule has 1 aromatic heterocycles. The number of aryl methyl sites for hydroxylation is 2. The number of anilines is 1. The number of carboxylic acids is 1. The second-order valence-electron chi connectivity index (χ2n) is 14.0. The van der Waals surface area contributed by atoms with Crippen molar-refractivity contribution >= 4 is 11.7 Å². The summed E-state index contributed by atoms with van der Waals surface area (Å²) in [7, 11) is 0. The van der Waals surface area contributed by atoms with Gasteiger partial charge in [-0.25, -0.2) is 9.18 Å². The van der Waals surface area contributed by atoms with Gasteiger partial charge in [-0.1, -0.05) is 38.1 Å².